The summed E-state index contributed by atoms with van der Waals surface area (Å²) in [5.41, 5.74) is 1.63. The smallest absolute Gasteiger partial charge is 0.185 e. The first-order valence-electron chi connectivity index (χ1n) is 6.49. The van der Waals surface area contributed by atoms with E-state index in [1.54, 1.807) is 11.3 Å². The molecule has 0 aliphatic heterocycles. The quantitative estimate of drug-likeness (QED) is 0.784. The molecule has 0 radical (unpaired) electrons. The number of ketones is 1. The van der Waals surface area contributed by atoms with Crippen LogP contribution in [0.3, 0.4) is 0 Å². The number of benzene rings is 1. The Bertz CT molecular complexity index is 575. The molecule has 98 valence electrons. The molecular weight excluding hydrogens is 256 g/mol. The van der Waals surface area contributed by atoms with Gasteiger partial charge in [-0.1, -0.05) is 30.3 Å². The van der Waals surface area contributed by atoms with Crippen molar-refractivity contribution >= 4 is 22.3 Å². The molecule has 3 nitrogen and oxygen atoms in total. The molecule has 1 aromatic carbocycles. The summed E-state index contributed by atoms with van der Waals surface area (Å²) in [6, 6.07) is 10.1. The van der Waals surface area contributed by atoms with Gasteiger partial charge in [0.15, 0.2) is 10.9 Å². The van der Waals surface area contributed by atoms with Crippen LogP contribution in [0.5, 0.6) is 0 Å². The highest BCUT2D eigenvalue weighted by Crippen LogP contribution is 2.32. The lowest BCUT2D eigenvalue weighted by Crippen LogP contribution is -2.19. The Kier molecular flexibility index (Phi) is 3.34. The van der Waals surface area contributed by atoms with E-state index in [9.17, 15) is 4.79 Å². The molecule has 0 amide bonds. The second-order valence-electron chi connectivity index (χ2n) is 4.93. The molecule has 0 spiro atoms. The fourth-order valence-corrected chi connectivity index (χ4v) is 2.91. The van der Waals surface area contributed by atoms with Gasteiger partial charge in [0.25, 0.3) is 0 Å². The van der Waals surface area contributed by atoms with Crippen LogP contribution in [0.4, 0.5) is 5.13 Å². The van der Waals surface area contributed by atoms with Gasteiger partial charge in [0, 0.05) is 24.0 Å². The highest BCUT2D eigenvalue weighted by molar-refractivity contribution is 7.13. The number of thiazole rings is 1. The van der Waals surface area contributed by atoms with Crippen molar-refractivity contribution in [1.82, 2.24) is 4.98 Å². The maximum atomic E-state index is 12.1. The molecule has 1 aliphatic carbocycles. The third-order valence-corrected chi connectivity index (χ3v) is 4.35. The van der Waals surface area contributed by atoms with Crippen LogP contribution in [-0.4, -0.2) is 23.9 Å². The first-order valence-corrected chi connectivity index (χ1v) is 7.37. The Labute approximate surface area is 116 Å². The molecule has 19 heavy (non-hydrogen) atoms. The van der Waals surface area contributed by atoms with E-state index in [1.807, 2.05) is 35.7 Å². The Hall–Kier alpha value is -1.68. The van der Waals surface area contributed by atoms with E-state index in [-0.39, 0.29) is 5.78 Å². The SMILES string of the molecule is CN(c1nc(CC(=O)c2ccccc2)cs1)C1CC1. The molecule has 0 unspecified atom stereocenters. The molecule has 3 rings (SSSR count). The van der Waals surface area contributed by atoms with Crippen LogP contribution < -0.4 is 4.90 Å². The monoisotopic (exact) mass is 272 g/mol. The molecule has 1 fully saturated rings. The lowest BCUT2D eigenvalue weighted by molar-refractivity contribution is 0.0992. The van der Waals surface area contributed by atoms with Crippen LogP contribution in [0.2, 0.25) is 0 Å². The minimum absolute atomic E-state index is 0.131. The van der Waals surface area contributed by atoms with Gasteiger partial charge in [-0.25, -0.2) is 4.98 Å². The average Bonchev–Trinajstić information content (AvgIpc) is 3.19. The summed E-state index contributed by atoms with van der Waals surface area (Å²) in [5.74, 6) is 0.131. The summed E-state index contributed by atoms with van der Waals surface area (Å²) < 4.78 is 0. The number of hydrogen-bond acceptors (Lipinski definition) is 4. The maximum absolute atomic E-state index is 12.1. The van der Waals surface area contributed by atoms with Crippen molar-refractivity contribution in [3.8, 4) is 0 Å². The molecule has 1 aromatic heterocycles. The van der Waals surface area contributed by atoms with Crippen LogP contribution >= 0.6 is 11.3 Å². The van der Waals surface area contributed by atoms with E-state index in [0.717, 1.165) is 16.4 Å². The zero-order valence-electron chi connectivity index (χ0n) is 10.9. The number of carbonyl (C=O) groups excluding carboxylic acids is 1. The number of aromatic nitrogens is 1. The predicted molar refractivity (Wildman–Crippen MR) is 78.0 cm³/mol. The summed E-state index contributed by atoms with van der Waals surface area (Å²) in [7, 11) is 2.08. The lowest BCUT2D eigenvalue weighted by atomic mass is 10.1. The van der Waals surface area contributed by atoms with E-state index in [0.29, 0.717) is 12.5 Å². The average molecular weight is 272 g/mol. The Morgan fingerprint density at radius 2 is 2.11 bits per heavy atom. The van der Waals surface area contributed by atoms with E-state index >= 15 is 0 Å². The molecule has 1 saturated carbocycles. The molecule has 1 aliphatic rings. The first kappa shape index (κ1) is 12.4. The van der Waals surface area contributed by atoms with Gasteiger partial charge >= 0.3 is 0 Å². The van der Waals surface area contributed by atoms with E-state index in [1.165, 1.54) is 12.8 Å². The highest BCUT2D eigenvalue weighted by atomic mass is 32.1. The number of hydrogen-bond donors (Lipinski definition) is 0. The van der Waals surface area contributed by atoms with Gasteiger partial charge in [-0.3, -0.25) is 4.79 Å². The van der Waals surface area contributed by atoms with Gasteiger partial charge in [0.2, 0.25) is 0 Å². The predicted octanol–water partition coefficient (Wildman–Crippen LogP) is 3.17. The Morgan fingerprint density at radius 3 is 2.79 bits per heavy atom. The molecule has 0 saturated heterocycles. The largest absolute Gasteiger partial charge is 0.348 e. The van der Waals surface area contributed by atoms with Crippen LogP contribution in [0.25, 0.3) is 0 Å². The van der Waals surface area contributed by atoms with E-state index < -0.39 is 0 Å². The van der Waals surface area contributed by atoms with Crippen LogP contribution in [-0.2, 0) is 6.42 Å². The Morgan fingerprint density at radius 1 is 1.37 bits per heavy atom. The van der Waals surface area contributed by atoms with Gasteiger partial charge in [0.05, 0.1) is 12.1 Å². The van der Waals surface area contributed by atoms with Gasteiger partial charge in [0.1, 0.15) is 0 Å². The highest BCUT2D eigenvalue weighted by Gasteiger charge is 2.28. The molecule has 4 heteroatoms. The minimum Gasteiger partial charge on any atom is -0.348 e. The van der Waals surface area contributed by atoms with Crippen molar-refractivity contribution in [2.24, 2.45) is 0 Å². The fraction of sp³-hybridized carbons (Fsp3) is 0.333. The summed E-state index contributed by atoms with van der Waals surface area (Å²) in [6.45, 7) is 0. The number of rotatable bonds is 5. The standard InChI is InChI=1S/C15H16N2OS/c1-17(13-7-8-13)15-16-12(10-19-15)9-14(18)11-5-3-2-4-6-11/h2-6,10,13H,7-9H2,1H3. The second kappa shape index (κ2) is 5.13. The van der Waals surface area contributed by atoms with Gasteiger partial charge in [-0.05, 0) is 12.8 Å². The number of Topliss-reactive ketones (excluding diaryl/α,β-unsaturated/α-hetero) is 1. The molecule has 0 bridgehead atoms. The summed E-state index contributed by atoms with van der Waals surface area (Å²) >= 11 is 1.63. The van der Waals surface area contributed by atoms with Crippen molar-refractivity contribution < 1.29 is 4.79 Å². The van der Waals surface area contributed by atoms with Crippen molar-refractivity contribution in [1.29, 1.82) is 0 Å². The van der Waals surface area contributed by atoms with Gasteiger partial charge < -0.3 is 4.90 Å². The van der Waals surface area contributed by atoms with Gasteiger partial charge in [-0.15, -0.1) is 11.3 Å². The van der Waals surface area contributed by atoms with Gasteiger partial charge in [-0.2, -0.15) is 0 Å². The third kappa shape index (κ3) is 2.84. The zero-order valence-corrected chi connectivity index (χ0v) is 11.7. The van der Waals surface area contributed by atoms with Crippen molar-refractivity contribution in [2.45, 2.75) is 25.3 Å². The van der Waals surface area contributed by atoms with Crippen molar-refractivity contribution in [2.75, 3.05) is 11.9 Å². The summed E-state index contributed by atoms with van der Waals surface area (Å²) in [4.78, 5) is 18.9. The molecular formula is C15H16N2OS. The number of anilines is 1. The number of carbonyl (C=O) groups is 1. The van der Waals surface area contributed by atoms with Crippen LogP contribution in [0.1, 0.15) is 28.9 Å². The summed E-state index contributed by atoms with van der Waals surface area (Å²) in [6.07, 6.45) is 2.90. The lowest BCUT2D eigenvalue weighted by Gasteiger charge is -2.13. The zero-order chi connectivity index (χ0) is 13.2. The Balaban J connectivity index is 1.68. The second-order valence-corrected chi connectivity index (χ2v) is 5.77. The third-order valence-electron chi connectivity index (χ3n) is 3.37. The van der Waals surface area contributed by atoms with Crippen LogP contribution in [0.15, 0.2) is 35.7 Å². The van der Waals surface area contributed by atoms with E-state index in [4.69, 9.17) is 0 Å². The molecule has 0 N–H and O–H groups in total. The van der Waals surface area contributed by atoms with Crippen molar-refractivity contribution in [3.63, 3.8) is 0 Å². The molecule has 1 heterocycles. The number of nitrogens with zero attached hydrogens (tertiary/aromatic N) is 2. The van der Waals surface area contributed by atoms with Crippen molar-refractivity contribution in [3.05, 3.63) is 47.0 Å². The summed E-state index contributed by atoms with van der Waals surface area (Å²) in [5, 5.41) is 3.02. The van der Waals surface area contributed by atoms with E-state index in [2.05, 4.69) is 16.9 Å². The molecule has 2 aromatic rings. The maximum Gasteiger partial charge on any atom is 0.185 e. The minimum atomic E-state index is 0.131. The normalized spacial score (nSPS) is 14.4. The first-order chi connectivity index (χ1) is 9.24. The topological polar surface area (TPSA) is 33.2 Å². The molecule has 0 atom stereocenters. The van der Waals surface area contributed by atoms with Crippen LogP contribution in [0, 0.1) is 0 Å². The fourth-order valence-electron chi connectivity index (χ4n) is 2.05.